The molecule has 0 radical (unpaired) electrons. The van der Waals surface area contributed by atoms with E-state index in [0.29, 0.717) is 5.75 Å². The zero-order chi connectivity index (χ0) is 15.0. The Bertz CT molecular complexity index is 480. The summed E-state index contributed by atoms with van der Waals surface area (Å²) in [4.78, 5) is 0. The van der Waals surface area contributed by atoms with Gasteiger partial charge in [0.15, 0.2) is 9.84 Å². The molecule has 0 heterocycles. The lowest BCUT2D eigenvalue weighted by atomic mass is 10.1. The molecule has 1 atom stereocenters. The topological polar surface area (TPSA) is 46.2 Å². The van der Waals surface area contributed by atoms with Gasteiger partial charge in [-0.25, -0.2) is 8.42 Å². The van der Waals surface area contributed by atoms with Crippen LogP contribution >= 0.6 is 0 Å². The zero-order valence-electron chi connectivity index (χ0n) is 12.9. The highest BCUT2D eigenvalue weighted by Gasteiger charge is 2.19. The van der Waals surface area contributed by atoms with Gasteiger partial charge in [-0.3, -0.25) is 0 Å². The molecule has 0 bridgehead atoms. The highest BCUT2D eigenvalue weighted by atomic mass is 32.2. The summed E-state index contributed by atoms with van der Waals surface area (Å²) < 4.78 is 24.3. The summed E-state index contributed by atoms with van der Waals surface area (Å²) in [5, 5.41) is 3.36. The Hall–Kier alpha value is -0.870. The minimum absolute atomic E-state index is 0.0996. The van der Waals surface area contributed by atoms with Crippen LogP contribution in [-0.2, 0) is 9.84 Å². The lowest BCUT2D eigenvalue weighted by Crippen LogP contribution is -2.29. The molecule has 0 amide bonds. The van der Waals surface area contributed by atoms with E-state index in [9.17, 15) is 8.42 Å². The predicted molar refractivity (Wildman–Crippen MR) is 85.8 cm³/mol. The second kappa shape index (κ2) is 8.42. The van der Waals surface area contributed by atoms with E-state index in [-0.39, 0.29) is 11.8 Å². The highest BCUT2D eigenvalue weighted by molar-refractivity contribution is 7.91. The fourth-order valence-corrected chi connectivity index (χ4v) is 3.81. The van der Waals surface area contributed by atoms with E-state index in [1.807, 2.05) is 38.1 Å². The van der Waals surface area contributed by atoms with E-state index in [1.54, 1.807) is 0 Å². The number of aryl methyl sites for hydroxylation is 1. The molecule has 0 saturated heterocycles. The number of hydrogen-bond acceptors (Lipinski definition) is 3. The van der Waals surface area contributed by atoms with Gasteiger partial charge in [0.1, 0.15) is 0 Å². The number of sulfone groups is 1. The second-order valence-electron chi connectivity index (χ2n) is 5.39. The van der Waals surface area contributed by atoms with Crippen molar-refractivity contribution in [3.63, 3.8) is 0 Å². The summed E-state index contributed by atoms with van der Waals surface area (Å²) in [6, 6.07) is 8.02. The molecule has 0 fully saturated rings. The van der Waals surface area contributed by atoms with Crippen LogP contribution in [0, 0.1) is 6.92 Å². The van der Waals surface area contributed by atoms with Crippen LogP contribution in [0.25, 0.3) is 0 Å². The second-order valence-corrected chi connectivity index (χ2v) is 7.61. The molecule has 1 rings (SSSR count). The normalized spacial score (nSPS) is 13.3. The summed E-state index contributed by atoms with van der Waals surface area (Å²) in [6.45, 7) is 6.98. The molecule has 0 aliphatic carbocycles. The van der Waals surface area contributed by atoms with Gasteiger partial charge in [0, 0.05) is 6.04 Å². The molecule has 0 aromatic heterocycles. The Morgan fingerprint density at radius 2 is 1.75 bits per heavy atom. The van der Waals surface area contributed by atoms with E-state index >= 15 is 0 Å². The SMILES string of the molecule is CCCCS(=O)(=O)CC(NCCC)c1ccc(C)cc1. The van der Waals surface area contributed by atoms with Gasteiger partial charge in [-0.05, 0) is 31.9 Å². The molecule has 1 aromatic rings. The van der Waals surface area contributed by atoms with Gasteiger partial charge in [-0.15, -0.1) is 0 Å². The Morgan fingerprint density at radius 1 is 1.10 bits per heavy atom. The van der Waals surface area contributed by atoms with Gasteiger partial charge in [-0.1, -0.05) is 50.1 Å². The predicted octanol–water partition coefficient (Wildman–Crippen LogP) is 3.25. The van der Waals surface area contributed by atoms with E-state index in [2.05, 4.69) is 12.2 Å². The molecule has 0 saturated carbocycles. The Balaban J connectivity index is 2.81. The van der Waals surface area contributed by atoms with E-state index in [0.717, 1.165) is 31.4 Å². The monoisotopic (exact) mass is 297 g/mol. The number of nitrogens with one attached hydrogen (secondary N) is 1. The van der Waals surface area contributed by atoms with Crippen molar-refractivity contribution in [2.75, 3.05) is 18.1 Å². The fraction of sp³-hybridized carbons (Fsp3) is 0.625. The van der Waals surface area contributed by atoms with Crippen molar-refractivity contribution in [3.05, 3.63) is 35.4 Å². The maximum atomic E-state index is 12.2. The first kappa shape index (κ1) is 17.2. The number of rotatable bonds is 9. The van der Waals surface area contributed by atoms with Crippen LogP contribution in [-0.4, -0.2) is 26.5 Å². The molecule has 1 aromatic carbocycles. The third-order valence-corrected chi connectivity index (χ3v) is 5.10. The molecule has 1 N–H and O–H groups in total. The fourth-order valence-electron chi connectivity index (χ4n) is 2.09. The molecule has 1 unspecified atom stereocenters. The first-order chi connectivity index (χ1) is 9.48. The van der Waals surface area contributed by atoms with E-state index < -0.39 is 9.84 Å². The minimum atomic E-state index is -2.99. The molecule has 4 heteroatoms. The summed E-state index contributed by atoms with van der Waals surface area (Å²) in [7, 11) is -2.99. The summed E-state index contributed by atoms with van der Waals surface area (Å²) in [6.07, 6.45) is 2.66. The molecule has 114 valence electrons. The summed E-state index contributed by atoms with van der Waals surface area (Å²) >= 11 is 0. The van der Waals surface area contributed by atoms with Crippen molar-refractivity contribution in [1.82, 2.24) is 5.32 Å². The van der Waals surface area contributed by atoms with Crippen molar-refractivity contribution in [2.45, 2.75) is 46.1 Å². The third kappa shape index (κ3) is 6.06. The zero-order valence-corrected chi connectivity index (χ0v) is 13.7. The number of hydrogen-bond donors (Lipinski definition) is 1. The van der Waals surface area contributed by atoms with Crippen molar-refractivity contribution in [3.8, 4) is 0 Å². The standard InChI is InChI=1S/C16H27NO2S/c1-4-6-12-20(18,19)13-16(17-11-5-2)15-9-7-14(3)8-10-15/h7-10,16-17H,4-6,11-13H2,1-3H3. The van der Waals surface area contributed by atoms with Gasteiger partial charge >= 0.3 is 0 Å². The first-order valence-electron chi connectivity index (χ1n) is 7.49. The first-order valence-corrected chi connectivity index (χ1v) is 9.31. The van der Waals surface area contributed by atoms with Crippen LogP contribution in [0.15, 0.2) is 24.3 Å². The van der Waals surface area contributed by atoms with Gasteiger partial charge in [0.05, 0.1) is 11.5 Å². The van der Waals surface area contributed by atoms with Crippen molar-refractivity contribution in [2.24, 2.45) is 0 Å². The minimum Gasteiger partial charge on any atom is -0.309 e. The lowest BCUT2D eigenvalue weighted by Gasteiger charge is -2.19. The molecule has 0 aliphatic heterocycles. The molecule has 3 nitrogen and oxygen atoms in total. The maximum absolute atomic E-state index is 12.2. The van der Waals surface area contributed by atoms with Gasteiger partial charge in [-0.2, -0.15) is 0 Å². The molecular formula is C16H27NO2S. The van der Waals surface area contributed by atoms with Crippen LogP contribution in [0.5, 0.6) is 0 Å². The average molecular weight is 297 g/mol. The van der Waals surface area contributed by atoms with E-state index in [4.69, 9.17) is 0 Å². The summed E-state index contributed by atoms with van der Waals surface area (Å²) in [5.41, 5.74) is 2.25. The molecular weight excluding hydrogens is 270 g/mol. The third-order valence-electron chi connectivity index (χ3n) is 3.35. The van der Waals surface area contributed by atoms with E-state index in [1.165, 1.54) is 5.56 Å². The molecule has 0 spiro atoms. The molecule has 20 heavy (non-hydrogen) atoms. The average Bonchev–Trinajstić information content (AvgIpc) is 2.42. The van der Waals surface area contributed by atoms with Crippen LogP contribution < -0.4 is 5.32 Å². The van der Waals surface area contributed by atoms with Gasteiger partial charge in [0.25, 0.3) is 0 Å². The quantitative estimate of drug-likeness (QED) is 0.761. The smallest absolute Gasteiger partial charge is 0.152 e. The van der Waals surface area contributed by atoms with Gasteiger partial charge in [0.2, 0.25) is 0 Å². The van der Waals surface area contributed by atoms with Crippen LogP contribution in [0.1, 0.15) is 50.3 Å². The van der Waals surface area contributed by atoms with Crippen molar-refractivity contribution >= 4 is 9.84 Å². The van der Waals surface area contributed by atoms with Crippen LogP contribution in [0.3, 0.4) is 0 Å². The number of benzene rings is 1. The lowest BCUT2D eigenvalue weighted by molar-refractivity contribution is 0.545. The molecule has 0 aliphatic rings. The summed E-state index contributed by atoms with van der Waals surface area (Å²) in [5.74, 6) is 0.482. The maximum Gasteiger partial charge on any atom is 0.152 e. The van der Waals surface area contributed by atoms with Gasteiger partial charge < -0.3 is 5.32 Å². The Morgan fingerprint density at radius 3 is 2.30 bits per heavy atom. The van der Waals surface area contributed by atoms with Crippen LogP contribution in [0.2, 0.25) is 0 Å². The Labute approximate surface area is 123 Å². The highest BCUT2D eigenvalue weighted by Crippen LogP contribution is 2.17. The Kier molecular flexibility index (Phi) is 7.24. The van der Waals surface area contributed by atoms with Crippen molar-refractivity contribution < 1.29 is 8.42 Å². The largest absolute Gasteiger partial charge is 0.309 e. The van der Waals surface area contributed by atoms with Crippen molar-refractivity contribution in [1.29, 1.82) is 0 Å². The number of unbranched alkanes of at least 4 members (excludes halogenated alkanes) is 1. The van der Waals surface area contributed by atoms with Crippen LogP contribution in [0.4, 0.5) is 0 Å².